The fourth-order valence-corrected chi connectivity index (χ4v) is 9.47. The molecule has 0 amide bonds. The molecule has 7 nitrogen and oxygen atoms in total. The van der Waals surface area contributed by atoms with Gasteiger partial charge in [-0.05, 0) is 82.7 Å². The second-order valence-electron chi connectivity index (χ2n) is 19.5. The van der Waals surface area contributed by atoms with Gasteiger partial charge in [0, 0.05) is 19.4 Å². The molecule has 1 aliphatic rings. The standard InChI is InChI=1S/C55H105NO6/c1-5-9-23-34-50(35-24-10-6-2)42-48-60-53(57)40-29-21-17-13-15-19-27-38-52(55(59)62-47-33-46-56-44-31-32-45-56)39-28-20-16-14-18-22-30-41-54(58)61-49-43-51(36-25-11-7-3)37-26-12-8-4/h50-52H,5-49H2,1-4H3. The number of carbonyl (C=O) groups is 3. The second kappa shape index (κ2) is 44.6. The minimum absolute atomic E-state index is 0.0153. The first-order valence-corrected chi connectivity index (χ1v) is 27.6. The van der Waals surface area contributed by atoms with Crippen molar-refractivity contribution < 1.29 is 28.6 Å². The summed E-state index contributed by atoms with van der Waals surface area (Å²) in [6.07, 6.45) is 44.7. The minimum atomic E-state index is -0.0153. The number of likely N-dealkylation sites (tertiary alicyclic amines) is 1. The van der Waals surface area contributed by atoms with Gasteiger partial charge in [0.2, 0.25) is 0 Å². The highest BCUT2D eigenvalue weighted by Gasteiger charge is 2.20. The van der Waals surface area contributed by atoms with E-state index < -0.39 is 0 Å². The highest BCUT2D eigenvalue weighted by atomic mass is 16.5. The van der Waals surface area contributed by atoms with Crippen LogP contribution < -0.4 is 0 Å². The van der Waals surface area contributed by atoms with Crippen LogP contribution in [0.4, 0.5) is 0 Å². The van der Waals surface area contributed by atoms with Crippen LogP contribution in [0.5, 0.6) is 0 Å². The lowest BCUT2D eigenvalue weighted by atomic mass is 9.92. The van der Waals surface area contributed by atoms with Crippen molar-refractivity contribution in [3.05, 3.63) is 0 Å². The molecule has 0 saturated carbocycles. The van der Waals surface area contributed by atoms with Crippen LogP contribution in [0.1, 0.15) is 278 Å². The number of carbonyl (C=O) groups excluding carboxylic acids is 3. The van der Waals surface area contributed by atoms with Crippen molar-refractivity contribution in [3.8, 4) is 0 Å². The molecule has 0 radical (unpaired) electrons. The molecule has 0 aliphatic carbocycles. The molecule has 0 bridgehead atoms. The van der Waals surface area contributed by atoms with Crippen molar-refractivity contribution >= 4 is 17.9 Å². The normalized spacial score (nSPS) is 13.2. The van der Waals surface area contributed by atoms with Gasteiger partial charge in [-0.3, -0.25) is 14.4 Å². The maximum atomic E-state index is 13.2. The molecule has 1 fully saturated rings. The average Bonchev–Trinajstić information content (AvgIpc) is 3.79. The molecule has 62 heavy (non-hydrogen) atoms. The van der Waals surface area contributed by atoms with Gasteiger partial charge in [-0.1, -0.05) is 207 Å². The maximum absolute atomic E-state index is 13.2. The number of ether oxygens (including phenoxy) is 3. The van der Waals surface area contributed by atoms with Gasteiger partial charge in [0.15, 0.2) is 0 Å². The number of nitrogens with zero attached hydrogens (tertiary/aromatic N) is 1. The largest absolute Gasteiger partial charge is 0.466 e. The summed E-state index contributed by atoms with van der Waals surface area (Å²) in [7, 11) is 0. The van der Waals surface area contributed by atoms with E-state index in [0.717, 1.165) is 103 Å². The van der Waals surface area contributed by atoms with Gasteiger partial charge in [0.05, 0.1) is 25.7 Å². The summed E-state index contributed by atoms with van der Waals surface area (Å²) in [4.78, 5) is 40.5. The Bertz CT molecular complexity index is 918. The molecule has 1 rings (SSSR count). The van der Waals surface area contributed by atoms with Gasteiger partial charge in [-0.15, -0.1) is 0 Å². The Kier molecular flexibility index (Phi) is 42.0. The molecule has 1 saturated heterocycles. The summed E-state index contributed by atoms with van der Waals surface area (Å²) < 4.78 is 17.2. The lowest BCUT2D eigenvalue weighted by molar-refractivity contribution is -0.149. The SMILES string of the molecule is CCCCCC(CCCCC)CCOC(=O)CCCCCCCCCC(CCCCCCCCCC(=O)OCCC(CCCCC)CCCCC)C(=O)OCCCN1CCCC1. The van der Waals surface area contributed by atoms with E-state index in [9.17, 15) is 14.4 Å². The molecule has 0 unspecified atom stereocenters. The molecule has 1 aliphatic heterocycles. The average molecular weight is 876 g/mol. The van der Waals surface area contributed by atoms with Crippen molar-refractivity contribution in [2.75, 3.05) is 39.5 Å². The molecule has 366 valence electrons. The van der Waals surface area contributed by atoms with E-state index in [1.165, 1.54) is 154 Å². The van der Waals surface area contributed by atoms with Gasteiger partial charge in [-0.25, -0.2) is 0 Å². The molecule has 0 aromatic heterocycles. The Labute approximate surface area is 385 Å². The highest BCUT2D eigenvalue weighted by Crippen LogP contribution is 2.24. The molecule has 0 N–H and O–H groups in total. The van der Waals surface area contributed by atoms with Gasteiger partial charge in [0.1, 0.15) is 0 Å². The summed E-state index contributed by atoms with van der Waals surface area (Å²) in [5.74, 6) is 1.42. The minimum Gasteiger partial charge on any atom is -0.466 e. The van der Waals surface area contributed by atoms with Crippen LogP contribution in [0.25, 0.3) is 0 Å². The molecule has 1 heterocycles. The van der Waals surface area contributed by atoms with Crippen molar-refractivity contribution in [2.45, 2.75) is 278 Å². The molecule has 0 spiro atoms. The Morgan fingerprint density at radius 3 is 1.13 bits per heavy atom. The van der Waals surface area contributed by atoms with Crippen molar-refractivity contribution in [2.24, 2.45) is 17.8 Å². The van der Waals surface area contributed by atoms with Crippen LogP contribution in [-0.4, -0.2) is 62.3 Å². The van der Waals surface area contributed by atoms with Crippen LogP contribution >= 0.6 is 0 Å². The van der Waals surface area contributed by atoms with E-state index in [0.29, 0.717) is 44.5 Å². The van der Waals surface area contributed by atoms with E-state index in [1.807, 2.05) is 0 Å². The Hall–Kier alpha value is -1.63. The van der Waals surface area contributed by atoms with Gasteiger partial charge >= 0.3 is 17.9 Å². The lowest BCUT2D eigenvalue weighted by Gasteiger charge is -2.18. The van der Waals surface area contributed by atoms with E-state index in [4.69, 9.17) is 14.2 Å². The molecular formula is C55H105NO6. The number of rotatable bonds is 47. The molecular weight excluding hydrogens is 771 g/mol. The fraction of sp³-hybridized carbons (Fsp3) is 0.945. The van der Waals surface area contributed by atoms with Crippen LogP contribution in [0, 0.1) is 17.8 Å². The van der Waals surface area contributed by atoms with Gasteiger partial charge in [-0.2, -0.15) is 0 Å². The Balaban J connectivity index is 2.24. The van der Waals surface area contributed by atoms with Gasteiger partial charge < -0.3 is 19.1 Å². The first-order valence-electron chi connectivity index (χ1n) is 27.6. The number of esters is 3. The summed E-state index contributed by atoms with van der Waals surface area (Å²) in [6.45, 7) is 14.2. The first-order chi connectivity index (χ1) is 30.4. The zero-order valence-corrected chi connectivity index (χ0v) is 41.9. The maximum Gasteiger partial charge on any atom is 0.308 e. The Morgan fingerprint density at radius 2 is 0.742 bits per heavy atom. The van der Waals surface area contributed by atoms with E-state index >= 15 is 0 Å². The first kappa shape index (κ1) is 58.4. The fourth-order valence-electron chi connectivity index (χ4n) is 9.47. The van der Waals surface area contributed by atoms with E-state index in [2.05, 4.69) is 32.6 Å². The summed E-state index contributed by atoms with van der Waals surface area (Å²) >= 11 is 0. The number of hydrogen-bond donors (Lipinski definition) is 0. The molecule has 0 aromatic carbocycles. The van der Waals surface area contributed by atoms with Crippen molar-refractivity contribution in [3.63, 3.8) is 0 Å². The lowest BCUT2D eigenvalue weighted by Crippen LogP contribution is -2.23. The van der Waals surface area contributed by atoms with Gasteiger partial charge in [0.25, 0.3) is 0 Å². The number of unbranched alkanes of at least 4 members (excludes halogenated alkanes) is 20. The highest BCUT2D eigenvalue weighted by molar-refractivity contribution is 5.72. The summed E-state index contributed by atoms with van der Waals surface area (Å²) in [6, 6.07) is 0. The quantitative estimate of drug-likeness (QED) is 0.0342. The summed E-state index contributed by atoms with van der Waals surface area (Å²) in [5.41, 5.74) is 0. The number of hydrogen-bond acceptors (Lipinski definition) is 7. The third-order valence-electron chi connectivity index (χ3n) is 13.7. The van der Waals surface area contributed by atoms with Crippen molar-refractivity contribution in [1.82, 2.24) is 4.90 Å². The monoisotopic (exact) mass is 876 g/mol. The zero-order chi connectivity index (χ0) is 45.0. The summed E-state index contributed by atoms with van der Waals surface area (Å²) in [5, 5.41) is 0. The van der Waals surface area contributed by atoms with Crippen molar-refractivity contribution in [1.29, 1.82) is 0 Å². The van der Waals surface area contributed by atoms with Crippen LogP contribution in [0.15, 0.2) is 0 Å². The smallest absolute Gasteiger partial charge is 0.308 e. The third-order valence-corrected chi connectivity index (χ3v) is 13.7. The van der Waals surface area contributed by atoms with E-state index in [-0.39, 0.29) is 23.8 Å². The molecule has 0 aromatic rings. The van der Waals surface area contributed by atoms with Crippen LogP contribution in [0.3, 0.4) is 0 Å². The van der Waals surface area contributed by atoms with Crippen LogP contribution in [0.2, 0.25) is 0 Å². The van der Waals surface area contributed by atoms with E-state index in [1.54, 1.807) is 0 Å². The predicted octanol–water partition coefficient (Wildman–Crippen LogP) is 16.1. The third kappa shape index (κ3) is 36.7. The second-order valence-corrected chi connectivity index (χ2v) is 19.5. The predicted molar refractivity (Wildman–Crippen MR) is 263 cm³/mol. The molecule has 7 heteroatoms. The molecule has 0 atom stereocenters. The Morgan fingerprint density at radius 1 is 0.387 bits per heavy atom. The zero-order valence-electron chi connectivity index (χ0n) is 41.9. The van der Waals surface area contributed by atoms with Crippen LogP contribution in [-0.2, 0) is 28.6 Å². The topological polar surface area (TPSA) is 82.1 Å².